The molecule has 1 unspecified atom stereocenters. The molecule has 1 saturated heterocycles. The van der Waals surface area contributed by atoms with Crippen molar-refractivity contribution in [2.24, 2.45) is 11.8 Å². The largest absolute Gasteiger partial charge is 0.465 e. The lowest BCUT2D eigenvalue weighted by Gasteiger charge is -2.39. The minimum atomic E-state index is -3.64. The van der Waals surface area contributed by atoms with Crippen LogP contribution < -0.4 is 0 Å². The van der Waals surface area contributed by atoms with Gasteiger partial charge in [0.05, 0.1) is 25.6 Å². The molecule has 38 heavy (non-hydrogen) atoms. The van der Waals surface area contributed by atoms with E-state index < -0.39 is 24.5 Å². The first-order valence-electron chi connectivity index (χ1n) is 13.7. The second-order valence-electron chi connectivity index (χ2n) is 12.1. The van der Waals surface area contributed by atoms with Crippen LogP contribution in [0.5, 0.6) is 0 Å². The first-order valence-corrected chi connectivity index (χ1v) is 19.2. The summed E-state index contributed by atoms with van der Waals surface area (Å²) in [4.78, 5) is 13.5. The van der Waals surface area contributed by atoms with E-state index in [9.17, 15) is 13.2 Å². The number of rotatable bonds is 12. The Hall–Kier alpha value is -0.823. The summed E-state index contributed by atoms with van der Waals surface area (Å²) in [6, 6.07) is 3.75. The molecule has 218 valence electrons. The Labute approximate surface area is 234 Å². The summed E-state index contributed by atoms with van der Waals surface area (Å²) in [6.07, 6.45) is 5.98. The molecule has 1 aliphatic carbocycles. The topological polar surface area (TPSA) is 97.4 Å². The van der Waals surface area contributed by atoms with Gasteiger partial charge in [0, 0.05) is 30.4 Å². The third kappa shape index (κ3) is 8.84. The highest BCUT2D eigenvalue weighted by molar-refractivity contribution is 7.86. The lowest BCUT2D eigenvalue weighted by molar-refractivity contribution is -0.197. The molecular weight excluding hydrogens is 545 g/mol. The Morgan fingerprint density at radius 2 is 1.89 bits per heavy atom. The van der Waals surface area contributed by atoms with Gasteiger partial charge in [0.2, 0.25) is 0 Å². The Morgan fingerprint density at radius 3 is 2.50 bits per heavy atom. The van der Waals surface area contributed by atoms with Crippen molar-refractivity contribution >= 4 is 35.7 Å². The van der Waals surface area contributed by atoms with E-state index in [-0.39, 0.29) is 35.2 Å². The molecule has 5 atom stereocenters. The Morgan fingerprint density at radius 1 is 1.16 bits per heavy atom. The zero-order chi connectivity index (χ0) is 28.1. The minimum absolute atomic E-state index is 0.00429. The van der Waals surface area contributed by atoms with Gasteiger partial charge >= 0.3 is 5.97 Å². The van der Waals surface area contributed by atoms with Crippen LogP contribution in [0.3, 0.4) is 0 Å². The van der Waals surface area contributed by atoms with E-state index in [1.54, 1.807) is 6.07 Å². The second-order valence-corrected chi connectivity index (χ2v) is 19.7. The molecule has 2 fully saturated rings. The van der Waals surface area contributed by atoms with E-state index in [0.717, 1.165) is 49.7 Å². The molecule has 3 rings (SSSR count). The van der Waals surface area contributed by atoms with E-state index in [1.807, 2.05) is 6.07 Å². The van der Waals surface area contributed by atoms with Crippen molar-refractivity contribution in [1.29, 1.82) is 0 Å². The summed E-state index contributed by atoms with van der Waals surface area (Å²) in [5.74, 6) is -0.370. The maximum atomic E-state index is 12.2. The first-order chi connectivity index (χ1) is 17.7. The molecule has 1 aliphatic heterocycles. The van der Waals surface area contributed by atoms with Crippen LogP contribution in [0.4, 0.5) is 0 Å². The molecule has 0 radical (unpaired) electrons. The van der Waals surface area contributed by atoms with Crippen LogP contribution in [0, 0.1) is 11.8 Å². The number of carbonyl (C=O) groups is 1. The van der Waals surface area contributed by atoms with Gasteiger partial charge in [-0.3, -0.25) is 4.18 Å². The molecule has 1 aromatic heterocycles. The average molecular weight is 591 g/mol. The Bertz CT molecular complexity index is 1010. The van der Waals surface area contributed by atoms with Crippen molar-refractivity contribution in [3.63, 3.8) is 0 Å². The minimum Gasteiger partial charge on any atom is -0.465 e. The quantitative estimate of drug-likeness (QED) is 0.172. The maximum absolute atomic E-state index is 12.2. The van der Waals surface area contributed by atoms with E-state index in [0.29, 0.717) is 24.5 Å². The number of ether oxygens (including phenoxy) is 3. The summed E-state index contributed by atoms with van der Waals surface area (Å²) in [7, 11) is -4.30. The summed E-state index contributed by atoms with van der Waals surface area (Å²) >= 11 is 1.44. The monoisotopic (exact) mass is 590 g/mol. The zero-order valence-corrected chi connectivity index (χ0v) is 26.6. The second kappa shape index (κ2) is 13.2. The lowest BCUT2D eigenvalue weighted by Crippen LogP contribution is -2.44. The summed E-state index contributed by atoms with van der Waals surface area (Å²) in [5.41, 5.74) is 0. The van der Waals surface area contributed by atoms with Crippen LogP contribution in [0.15, 0.2) is 12.1 Å². The fourth-order valence-electron chi connectivity index (χ4n) is 5.02. The number of carbonyl (C=O) groups excluding carboxylic acids is 1. The van der Waals surface area contributed by atoms with Gasteiger partial charge < -0.3 is 18.6 Å². The molecule has 0 aromatic carbocycles. The molecule has 0 bridgehead atoms. The molecule has 1 aromatic rings. The predicted molar refractivity (Wildman–Crippen MR) is 152 cm³/mol. The van der Waals surface area contributed by atoms with E-state index in [4.69, 9.17) is 22.8 Å². The Kier molecular flexibility index (Phi) is 11.0. The molecule has 11 heteroatoms. The number of thiophene rings is 1. The van der Waals surface area contributed by atoms with Crippen molar-refractivity contribution in [2.75, 3.05) is 26.6 Å². The highest BCUT2D eigenvalue weighted by Gasteiger charge is 2.48. The van der Waals surface area contributed by atoms with Crippen molar-refractivity contribution in [1.82, 2.24) is 0 Å². The van der Waals surface area contributed by atoms with Crippen LogP contribution >= 0.6 is 11.3 Å². The number of hydrogen-bond acceptors (Lipinski definition) is 9. The summed E-state index contributed by atoms with van der Waals surface area (Å²) in [5, 5.41) is 0.0586. The maximum Gasteiger partial charge on any atom is 0.348 e. The molecule has 0 N–H and O–H groups in total. The zero-order valence-electron chi connectivity index (χ0n) is 24.0. The van der Waals surface area contributed by atoms with Gasteiger partial charge in [0.15, 0.2) is 14.6 Å². The molecule has 8 nitrogen and oxygen atoms in total. The predicted octanol–water partition coefficient (Wildman–Crippen LogP) is 5.77. The highest BCUT2D eigenvalue weighted by atomic mass is 32.2. The van der Waals surface area contributed by atoms with Gasteiger partial charge in [-0.2, -0.15) is 8.42 Å². The van der Waals surface area contributed by atoms with Crippen LogP contribution in [0.1, 0.15) is 73.8 Å². The van der Waals surface area contributed by atoms with Gasteiger partial charge in [0.1, 0.15) is 4.88 Å². The lowest BCUT2D eigenvalue weighted by atomic mass is 9.89. The van der Waals surface area contributed by atoms with Crippen LogP contribution in [0.25, 0.3) is 0 Å². The number of aryl methyl sites for hydroxylation is 1. The molecule has 1 saturated carbocycles. The Balaban J connectivity index is 1.78. The van der Waals surface area contributed by atoms with E-state index in [1.165, 1.54) is 18.4 Å². The van der Waals surface area contributed by atoms with Crippen molar-refractivity contribution in [3.05, 3.63) is 21.9 Å². The number of methoxy groups -OCH3 is 1. The molecule has 2 aliphatic rings. The highest BCUT2D eigenvalue weighted by Crippen LogP contribution is 2.44. The molecular formula is C27H46O8S2Si. The van der Waals surface area contributed by atoms with Crippen LogP contribution in [0.2, 0.25) is 18.1 Å². The summed E-state index contributed by atoms with van der Waals surface area (Å²) in [6.45, 7) is 12.3. The molecule has 0 spiro atoms. The van der Waals surface area contributed by atoms with Gasteiger partial charge in [-0.15, -0.1) is 11.3 Å². The standard InChI is InChI=1S/C27H46O8S2Si/c1-27(2,3)38(6,7)33-18-21-20(12-10-11-19-14-15-24(36-19)26(28)31-4)23(35-37(5,29)30)17-22(21)34-25-13-8-9-16-32-25/h14-15,20-23,25H,8-13,16-18H2,1-7H3/t20-,21-,22-,23+,25?/m1/s1. The number of hydrogen-bond donors (Lipinski definition) is 0. The normalized spacial score (nSPS) is 27.0. The van der Waals surface area contributed by atoms with Crippen molar-refractivity contribution in [2.45, 2.75) is 102 Å². The van der Waals surface area contributed by atoms with Crippen molar-refractivity contribution in [3.8, 4) is 0 Å². The SMILES string of the molecule is COC(=O)c1ccc(CCC[C@@H]2[C@@H](CO[Si](C)(C)C(C)(C)C)[C@H](OC3CCCCO3)C[C@@H]2OS(C)(=O)=O)s1. The van der Waals surface area contributed by atoms with Crippen molar-refractivity contribution < 1.29 is 36.0 Å². The third-order valence-electron chi connectivity index (χ3n) is 8.18. The average Bonchev–Trinajstić information content (AvgIpc) is 3.41. The summed E-state index contributed by atoms with van der Waals surface area (Å²) < 4.78 is 54.0. The van der Waals surface area contributed by atoms with Gasteiger partial charge in [-0.05, 0) is 74.7 Å². The van der Waals surface area contributed by atoms with Gasteiger partial charge in [-0.25, -0.2) is 4.79 Å². The van der Waals surface area contributed by atoms with E-state index >= 15 is 0 Å². The first kappa shape index (κ1) is 31.7. The fraction of sp³-hybridized carbons (Fsp3) is 0.815. The smallest absolute Gasteiger partial charge is 0.348 e. The van der Waals surface area contributed by atoms with Crippen LogP contribution in [-0.4, -0.2) is 67.8 Å². The number of esters is 1. The molecule has 2 heterocycles. The van der Waals surface area contributed by atoms with Gasteiger partial charge in [0.25, 0.3) is 10.1 Å². The fourth-order valence-corrected chi connectivity index (χ4v) is 7.70. The van der Waals surface area contributed by atoms with E-state index in [2.05, 4.69) is 33.9 Å². The van der Waals surface area contributed by atoms with Gasteiger partial charge in [-0.1, -0.05) is 20.8 Å². The van der Waals surface area contributed by atoms with Crippen LogP contribution in [-0.2, 0) is 39.4 Å². The third-order valence-corrected chi connectivity index (χ3v) is 14.4. The molecule has 0 amide bonds.